The van der Waals surface area contributed by atoms with E-state index in [-0.39, 0.29) is 24.3 Å². The highest BCUT2D eigenvalue weighted by molar-refractivity contribution is 6.15. The fraction of sp³-hybridized carbons (Fsp3) is 0.400. The SMILES string of the molecule is CCOC(=O)[C@@H]1C[C@H](c2ccccc2OC)CCC1C(=O)N(C(C)=O)c1ccccc1. The van der Waals surface area contributed by atoms with Crippen molar-refractivity contribution in [3.8, 4) is 5.75 Å². The highest BCUT2D eigenvalue weighted by atomic mass is 16.5. The highest BCUT2D eigenvalue weighted by Gasteiger charge is 2.43. The van der Waals surface area contributed by atoms with Crippen molar-refractivity contribution in [3.63, 3.8) is 0 Å². The summed E-state index contributed by atoms with van der Waals surface area (Å²) < 4.78 is 10.8. The van der Waals surface area contributed by atoms with Crippen LogP contribution in [0.4, 0.5) is 5.69 Å². The summed E-state index contributed by atoms with van der Waals surface area (Å²) >= 11 is 0. The predicted molar refractivity (Wildman–Crippen MR) is 118 cm³/mol. The van der Waals surface area contributed by atoms with E-state index < -0.39 is 17.8 Å². The number of anilines is 1. The lowest BCUT2D eigenvalue weighted by Crippen LogP contribution is -2.46. The largest absolute Gasteiger partial charge is 0.496 e. The van der Waals surface area contributed by atoms with E-state index in [1.807, 2.05) is 30.3 Å². The van der Waals surface area contributed by atoms with Gasteiger partial charge in [0.1, 0.15) is 5.75 Å². The quantitative estimate of drug-likeness (QED) is 0.647. The van der Waals surface area contributed by atoms with E-state index in [4.69, 9.17) is 9.47 Å². The van der Waals surface area contributed by atoms with Crippen molar-refractivity contribution in [2.24, 2.45) is 11.8 Å². The Labute approximate surface area is 183 Å². The Bertz CT molecular complexity index is 927. The molecule has 6 heteroatoms. The van der Waals surface area contributed by atoms with Crippen LogP contribution in [-0.2, 0) is 19.1 Å². The number of carbonyl (C=O) groups excluding carboxylic acids is 3. The van der Waals surface area contributed by atoms with Gasteiger partial charge in [-0.2, -0.15) is 0 Å². The molecule has 1 saturated carbocycles. The number of rotatable bonds is 6. The molecule has 3 rings (SSSR count). The predicted octanol–water partition coefficient (Wildman–Crippen LogP) is 4.34. The molecule has 0 aliphatic heterocycles. The van der Waals surface area contributed by atoms with Crippen molar-refractivity contribution in [1.82, 2.24) is 0 Å². The van der Waals surface area contributed by atoms with Gasteiger partial charge in [-0.05, 0) is 55.9 Å². The summed E-state index contributed by atoms with van der Waals surface area (Å²) in [7, 11) is 1.63. The number of nitrogens with zero attached hydrogens (tertiary/aromatic N) is 1. The Kier molecular flexibility index (Phi) is 7.45. The molecule has 0 saturated heterocycles. The van der Waals surface area contributed by atoms with E-state index in [9.17, 15) is 14.4 Å². The van der Waals surface area contributed by atoms with Crippen molar-refractivity contribution < 1.29 is 23.9 Å². The van der Waals surface area contributed by atoms with E-state index in [1.54, 1.807) is 38.3 Å². The van der Waals surface area contributed by atoms with Crippen LogP contribution in [0.3, 0.4) is 0 Å². The second kappa shape index (κ2) is 10.2. The van der Waals surface area contributed by atoms with Gasteiger partial charge in [0.25, 0.3) is 0 Å². The van der Waals surface area contributed by atoms with Crippen molar-refractivity contribution in [2.45, 2.75) is 39.0 Å². The Morgan fingerprint density at radius 1 is 0.968 bits per heavy atom. The number of carbonyl (C=O) groups is 3. The Balaban J connectivity index is 1.91. The summed E-state index contributed by atoms with van der Waals surface area (Å²) in [5.41, 5.74) is 1.53. The molecule has 2 aromatic rings. The Hall–Kier alpha value is -3.15. The molecule has 1 aliphatic rings. The Morgan fingerprint density at radius 2 is 1.65 bits per heavy atom. The monoisotopic (exact) mass is 423 g/mol. The maximum Gasteiger partial charge on any atom is 0.309 e. The zero-order chi connectivity index (χ0) is 22.4. The fourth-order valence-corrected chi connectivity index (χ4v) is 4.47. The summed E-state index contributed by atoms with van der Waals surface area (Å²) in [4.78, 5) is 39.9. The lowest BCUT2D eigenvalue weighted by molar-refractivity contribution is -0.154. The topological polar surface area (TPSA) is 72.9 Å². The second-order valence-electron chi connectivity index (χ2n) is 7.75. The van der Waals surface area contributed by atoms with Gasteiger partial charge in [0.05, 0.1) is 31.2 Å². The molecule has 2 aromatic carbocycles. The molecule has 164 valence electrons. The highest BCUT2D eigenvalue weighted by Crippen LogP contribution is 2.44. The second-order valence-corrected chi connectivity index (χ2v) is 7.75. The number of hydrogen-bond acceptors (Lipinski definition) is 5. The number of amides is 2. The van der Waals surface area contributed by atoms with Crippen LogP contribution in [0.5, 0.6) is 5.75 Å². The number of benzene rings is 2. The molecule has 0 radical (unpaired) electrons. The van der Waals surface area contributed by atoms with Crippen molar-refractivity contribution in [2.75, 3.05) is 18.6 Å². The van der Waals surface area contributed by atoms with Crippen LogP contribution in [0.15, 0.2) is 54.6 Å². The third-order valence-electron chi connectivity index (χ3n) is 5.89. The molecular formula is C25H29NO5. The number of esters is 1. The van der Waals surface area contributed by atoms with Crippen LogP contribution >= 0.6 is 0 Å². The number of imide groups is 1. The molecule has 2 amide bonds. The first-order chi connectivity index (χ1) is 15.0. The minimum absolute atomic E-state index is 0.0668. The van der Waals surface area contributed by atoms with Crippen LogP contribution in [0.1, 0.15) is 44.6 Å². The molecule has 1 aliphatic carbocycles. The van der Waals surface area contributed by atoms with Crippen molar-refractivity contribution in [1.29, 1.82) is 0 Å². The van der Waals surface area contributed by atoms with E-state index in [0.29, 0.717) is 24.9 Å². The van der Waals surface area contributed by atoms with Crippen LogP contribution < -0.4 is 9.64 Å². The molecule has 0 N–H and O–H groups in total. The van der Waals surface area contributed by atoms with Gasteiger partial charge >= 0.3 is 5.97 Å². The van der Waals surface area contributed by atoms with Gasteiger partial charge in [0.15, 0.2) is 0 Å². The molecule has 6 nitrogen and oxygen atoms in total. The maximum absolute atomic E-state index is 13.5. The first-order valence-electron chi connectivity index (χ1n) is 10.7. The summed E-state index contributed by atoms with van der Waals surface area (Å²) in [6.45, 7) is 3.36. The minimum atomic E-state index is -0.623. The third-order valence-corrected chi connectivity index (χ3v) is 5.89. The summed E-state index contributed by atoms with van der Waals surface area (Å²) in [5, 5.41) is 0. The van der Waals surface area contributed by atoms with Crippen molar-refractivity contribution in [3.05, 3.63) is 60.2 Å². The fourth-order valence-electron chi connectivity index (χ4n) is 4.47. The molecule has 1 fully saturated rings. The van der Waals surface area contributed by atoms with Gasteiger partial charge < -0.3 is 9.47 Å². The molecule has 0 spiro atoms. The smallest absolute Gasteiger partial charge is 0.309 e. The normalized spacial score (nSPS) is 20.5. The summed E-state index contributed by atoms with van der Waals surface area (Å²) in [6.07, 6.45) is 1.67. The van der Waals surface area contributed by atoms with Crippen LogP contribution in [0.2, 0.25) is 0 Å². The van der Waals surface area contributed by atoms with Gasteiger partial charge in [-0.15, -0.1) is 0 Å². The average molecular weight is 424 g/mol. The summed E-state index contributed by atoms with van der Waals surface area (Å²) in [6, 6.07) is 16.6. The first-order valence-corrected chi connectivity index (χ1v) is 10.7. The van der Waals surface area contributed by atoms with Crippen LogP contribution in [0, 0.1) is 11.8 Å². The molecular weight excluding hydrogens is 394 g/mol. The van der Waals surface area contributed by atoms with E-state index in [1.165, 1.54) is 11.8 Å². The average Bonchev–Trinajstić information content (AvgIpc) is 2.79. The van der Waals surface area contributed by atoms with E-state index in [0.717, 1.165) is 11.3 Å². The summed E-state index contributed by atoms with van der Waals surface area (Å²) in [5.74, 6) is -1.51. The molecule has 0 heterocycles. The minimum Gasteiger partial charge on any atom is -0.496 e. The lowest BCUT2D eigenvalue weighted by atomic mass is 9.71. The first kappa shape index (κ1) is 22.5. The van der Waals surface area contributed by atoms with E-state index >= 15 is 0 Å². The Morgan fingerprint density at radius 3 is 2.29 bits per heavy atom. The van der Waals surface area contributed by atoms with Gasteiger partial charge in [-0.25, -0.2) is 0 Å². The van der Waals surface area contributed by atoms with Crippen LogP contribution in [-0.4, -0.2) is 31.5 Å². The van der Waals surface area contributed by atoms with Gasteiger partial charge in [0.2, 0.25) is 11.8 Å². The number of methoxy groups -OCH3 is 1. The molecule has 31 heavy (non-hydrogen) atoms. The molecule has 1 unspecified atom stereocenters. The standard InChI is InChI=1S/C25H29NO5/c1-4-31-25(29)22-16-18(20-12-8-9-13-23(20)30-3)14-15-21(22)24(28)26(17(2)27)19-10-6-5-7-11-19/h5-13,18,21-22H,4,14-16H2,1-3H3/t18-,21?,22-/m1/s1. The number of hydrogen-bond donors (Lipinski definition) is 0. The van der Waals surface area contributed by atoms with E-state index in [2.05, 4.69) is 0 Å². The maximum atomic E-state index is 13.5. The third kappa shape index (κ3) is 4.95. The van der Waals surface area contributed by atoms with Gasteiger partial charge in [-0.1, -0.05) is 36.4 Å². The molecule has 3 atom stereocenters. The van der Waals surface area contributed by atoms with Crippen molar-refractivity contribution >= 4 is 23.5 Å². The number of ether oxygens (including phenoxy) is 2. The molecule has 0 bridgehead atoms. The number of para-hydroxylation sites is 2. The lowest BCUT2D eigenvalue weighted by Gasteiger charge is -2.36. The van der Waals surface area contributed by atoms with Crippen LogP contribution in [0.25, 0.3) is 0 Å². The molecule has 0 aromatic heterocycles. The van der Waals surface area contributed by atoms with Gasteiger partial charge in [0, 0.05) is 6.92 Å². The van der Waals surface area contributed by atoms with Gasteiger partial charge in [-0.3, -0.25) is 19.3 Å². The zero-order valence-corrected chi connectivity index (χ0v) is 18.2. The zero-order valence-electron chi connectivity index (χ0n) is 18.2.